The van der Waals surface area contributed by atoms with Crippen LogP contribution in [-0.2, 0) is 9.47 Å². The van der Waals surface area contributed by atoms with E-state index in [4.69, 9.17) is 4.74 Å². The van der Waals surface area contributed by atoms with Gasteiger partial charge < -0.3 is 9.47 Å². The van der Waals surface area contributed by atoms with Crippen molar-refractivity contribution in [2.45, 2.75) is 19.4 Å². The van der Waals surface area contributed by atoms with Crippen molar-refractivity contribution in [2.75, 3.05) is 0 Å². The number of esters is 3. The van der Waals surface area contributed by atoms with Crippen LogP contribution in [0.1, 0.15) is 44.4 Å². The van der Waals surface area contributed by atoms with Gasteiger partial charge in [0.15, 0.2) is 0 Å². The molecule has 0 aromatic heterocycles. The molecule has 1 aliphatic heterocycles. The van der Waals surface area contributed by atoms with Crippen molar-refractivity contribution in [1.82, 2.24) is 0 Å². The molecule has 1 aliphatic rings. The van der Waals surface area contributed by atoms with E-state index in [2.05, 4.69) is 11.3 Å². The first-order valence-electron chi connectivity index (χ1n) is 5.81. The van der Waals surface area contributed by atoms with E-state index in [1.807, 2.05) is 6.92 Å². The normalized spacial score (nSPS) is 14.6. The Kier molecular flexibility index (Phi) is 3.46. The minimum absolute atomic E-state index is 0.0890. The highest BCUT2D eigenvalue weighted by Gasteiger charge is 2.30. The molecule has 19 heavy (non-hydrogen) atoms. The maximum Gasteiger partial charge on any atom is 0.346 e. The lowest BCUT2D eigenvalue weighted by Crippen LogP contribution is -2.15. The van der Waals surface area contributed by atoms with Gasteiger partial charge in [-0.2, -0.15) is 0 Å². The smallest absolute Gasteiger partial charge is 0.346 e. The molecule has 0 bridgehead atoms. The van der Waals surface area contributed by atoms with E-state index < -0.39 is 17.9 Å². The number of benzene rings is 1. The van der Waals surface area contributed by atoms with Gasteiger partial charge in [0.1, 0.15) is 6.10 Å². The third kappa shape index (κ3) is 2.40. The summed E-state index contributed by atoms with van der Waals surface area (Å²) in [5.41, 5.74) is 0.453. The lowest BCUT2D eigenvalue weighted by Gasteiger charge is -2.11. The van der Waals surface area contributed by atoms with E-state index in [0.29, 0.717) is 6.42 Å². The highest BCUT2D eigenvalue weighted by atomic mass is 16.6. The van der Waals surface area contributed by atoms with Gasteiger partial charge in [-0.1, -0.05) is 19.6 Å². The van der Waals surface area contributed by atoms with Crippen LogP contribution in [0.3, 0.4) is 0 Å². The van der Waals surface area contributed by atoms with E-state index in [0.717, 1.165) is 0 Å². The van der Waals surface area contributed by atoms with Crippen molar-refractivity contribution in [3.05, 3.63) is 47.5 Å². The summed E-state index contributed by atoms with van der Waals surface area (Å²) in [4.78, 5) is 34.5. The fourth-order valence-corrected chi connectivity index (χ4v) is 1.72. The van der Waals surface area contributed by atoms with Gasteiger partial charge in [0, 0.05) is 0 Å². The maximum atomic E-state index is 11.9. The monoisotopic (exact) mass is 260 g/mol. The number of cyclic esters (lactones) is 2. The Labute approximate surface area is 109 Å². The van der Waals surface area contributed by atoms with Crippen molar-refractivity contribution in [3.63, 3.8) is 0 Å². The van der Waals surface area contributed by atoms with Crippen molar-refractivity contribution < 1.29 is 23.9 Å². The van der Waals surface area contributed by atoms with Crippen LogP contribution in [0.5, 0.6) is 0 Å². The van der Waals surface area contributed by atoms with Crippen LogP contribution in [0.25, 0.3) is 0 Å². The summed E-state index contributed by atoms with van der Waals surface area (Å²) in [6.07, 6.45) is 1.76. The molecule has 1 atom stereocenters. The molecule has 0 spiro atoms. The molecule has 1 aromatic rings. The van der Waals surface area contributed by atoms with E-state index in [1.165, 1.54) is 24.3 Å². The second-order valence-electron chi connectivity index (χ2n) is 4.03. The van der Waals surface area contributed by atoms with E-state index in [1.54, 1.807) is 0 Å². The zero-order valence-corrected chi connectivity index (χ0v) is 10.3. The fourth-order valence-electron chi connectivity index (χ4n) is 1.72. The fraction of sp³-hybridized carbons (Fsp3) is 0.214. The predicted octanol–water partition coefficient (Wildman–Crippen LogP) is 2.12. The molecule has 2 rings (SSSR count). The van der Waals surface area contributed by atoms with Gasteiger partial charge in [0.25, 0.3) is 0 Å². The largest absolute Gasteiger partial charge is 0.455 e. The Bertz CT molecular complexity index is 573. The van der Waals surface area contributed by atoms with Gasteiger partial charge in [-0.3, -0.25) is 0 Å². The number of ether oxygens (including phenoxy) is 2. The van der Waals surface area contributed by atoms with Gasteiger partial charge in [0.05, 0.1) is 16.7 Å². The van der Waals surface area contributed by atoms with E-state index >= 15 is 0 Å². The van der Waals surface area contributed by atoms with Crippen LogP contribution in [0.2, 0.25) is 0 Å². The Morgan fingerprint density at radius 1 is 1.37 bits per heavy atom. The average Bonchev–Trinajstić information content (AvgIpc) is 2.70. The number of fused-ring (bicyclic) bond motifs is 1. The molecule has 1 aromatic carbocycles. The molecule has 98 valence electrons. The van der Waals surface area contributed by atoms with E-state index in [9.17, 15) is 14.4 Å². The Morgan fingerprint density at radius 2 is 2.05 bits per heavy atom. The molecule has 0 radical (unpaired) electrons. The third-order valence-electron chi connectivity index (χ3n) is 2.80. The number of rotatable bonds is 4. The molecule has 0 N–H and O–H groups in total. The molecular formula is C14H12O5. The summed E-state index contributed by atoms with van der Waals surface area (Å²) in [5.74, 6) is -2.01. The van der Waals surface area contributed by atoms with E-state index in [-0.39, 0.29) is 22.8 Å². The number of carbonyl (C=O) groups excluding carboxylic acids is 3. The predicted molar refractivity (Wildman–Crippen MR) is 65.9 cm³/mol. The molecule has 0 fully saturated rings. The molecule has 0 aliphatic carbocycles. The zero-order valence-electron chi connectivity index (χ0n) is 10.3. The van der Waals surface area contributed by atoms with Crippen LogP contribution in [0.4, 0.5) is 0 Å². The highest BCUT2D eigenvalue weighted by molar-refractivity contribution is 6.15. The van der Waals surface area contributed by atoms with Crippen LogP contribution >= 0.6 is 0 Å². The second kappa shape index (κ2) is 5.06. The summed E-state index contributed by atoms with van der Waals surface area (Å²) in [6.45, 7) is 5.42. The summed E-state index contributed by atoms with van der Waals surface area (Å²) in [7, 11) is 0. The Balaban J connectivity index is 2.26. The lowest BCUT2D eigenvalue weighted by atomic mass is 10.1. The van der Waals surface area contributed by atoms with Gasteiger partial charge in [-0.05, 0) is 24.6 Å². The third-order valence-corrected chi connectivity index (χ3v) is 2.80. The average molecular weight is 260 g/mol. The number of hydrogen-bond donors (Lipinski definition) is 0. The lowest BCUT2D eigenvalue weighted by molar-refractivity contribution is 0.0387. The summed E-state index contributed by atoms with van der Waals surface area (Å²) < 4.78 is 9.61. The van der Waals surface area contributed by atoms with Crippen LogP contribution < -0.4 is 0 Å². The van der Waals surface area contributed by atoms with Crippen LogP contribution in [0, 0.1) is 0 Å². The molecule has 0 saturated heterocycles. The second-order valence-corrected chi connectivity index (χ2v) is 4.03. The highest BCUT2D eigenvalue weighted by Crippen LogP contribution is 2.21. The number of hydrogen-bond acceptors (Lipinski definition) is 5. The summed E-state index contributed by atoms with van der Waals surface area (Å²) in [6, 6.07) is 4.12. The molecule has 1 unspecified atom stereocenters. The van der Waals surface area contributed by atoms with Gasteiger partial charge in [-0.25, -0.2) is 14.4 Å². The quantitative estimate of drug-likeness (QED) is 0.471. The topological polar surface area (TPSA) is 69.7 Å². The summed E-state index contributed by atoms with van der Waals surface area (Å²) in [5, 5.41) is 0. The Morgan fingerprint density at radius 3 is 2.68 bits per heavy atom. The zero-order chi connectivity index (χ0) is 14.0. The molecule has 0 amide bonds. The summed E-state index contributed by atoms with van der Waals surface area (Å²) >= 11 is 0. The molecular weight excluding hydrogens is 248 g/mol. The van der Waals surface area contributed by atoms with Crippen molar-refractivity contribution in [2.24, 2.45) is 0 Å². The minimum Gasteiger partial charge on any atom is -0.455 e. The molecule has 1 heterocycles. The molecule has 5 nitrogen and oxygen atoms in total. The first kappa shape index (κ1) is 13.0. The number of carbonyl (C=O) groups is 3. The van der Waals surface area contributed by atoms with Gasteiger partial charge in [0.2, 0.25) is 0 Å². The van der Waals surface area contributed by atoms with Crippen molar-refractivity contribution in [3.8, 4) is 0 Å². The van der Waals surface area contributed by atoms with Crippen LogP contribution in [0.15, 0.2) is 30.9 Å². The maximum absolute atomic E-state index is 11.9. The standard InChI is InChI=1S/C14H12O5/c1-3-9(4-2)18-12(15)8-5-6-10-11(7-8)14(17)19-13(10)16/h3,5-7,9H,1,4H2,2H3. The van der Waals surface area contributed by atoms with Crippen molar-refractivity contribution >= 4 is 17.9 Å². The minimum atomic E-state index is -0.745. The SMILES string of the molecule is C=CC(CC)OC(=O)c1ccc2c(c1)C(=O)OC2=O. The first-order valence-corrected chi connectivity index (χ1v) is 5.81. The van der Waals surface area contributed by atoms with Crippen LogP contribution in [-0.4, -0.2) is 24.0 Å². The van der Waals surface area contributed by atoms with Gasteiger partial charge >= 0.3 is 17.9 Å². The molecule has 5 heteroatoms. The van der Waals surface area contributed by atoms with Gasteiger partial charge in [-0.15, -0.1) is 0 Å². The van der Waals surface area contributed by atoms with Crippen molar-refractivity contribution in [1.29, 1.82) is 0 Å². The molecule has 0 saturated carbocycles. The first-order chi connectivity index (χ1) is 9.06. The Hall–Kier alpha value is -2.43.